The summed E-state index contributed by atoms with van der Waals surface area (Å²) in [5.41, 5.74) is -1.48. The fourth-order valence-electron chi connectivity index (χ4n) is 6.29. The summed E-state index contributed by atoms with van der Waals surface area (Å²) in [5, 5.41) is 13.2. The van der Waals surface area contributed by atoms with Gasteiger partial charge in [-0.1, -0.05) is 13.0 Å². The third kappa shape index (κ3) is 2.87. The van der Waals surface area contributed by atoms with Crippen molar-refractivity contribution >= 4 is 11.8 Å². The number of carbonyl (C=O) groups is 2. The predicted octanol–water partition coefficient (Wildman–Crippen LogP) is 2.16. The first kappa shape index (κ1) is 21.3. The van der Waals surface area contributed by atoms with Crippen LogP contribution in [0.25, 0.3) is 0 Å². The Morgan fingerprint density at radius 3 is 2.76 bits per heavy atom. The summed E-state index contributed by atoms with van der Waals surface area (Å²) in [6, 6.07) is 2.13. The topological polar surface area (TPSA) is 101 Å². The van der Waals surface area contributed by atoms with Gasteiger partial charge in [0, 0.05) is 23.9 Å². The van der Waals surface area contributed by atoms with Crippen molar-refractivity contribution in [2.24, 2.45) is 17.8 Å². The maximum absolute atomic E-state index is 14.1. The fraction of sp³-hybridized carbons (Fsp3) is 0.458. The van der Waals surface area contributed by atoms with Gasteiger partial charge in [0.15, 0.2) is 17.7 Å². The summed E-state index contributed by atoms with van der Waals surface area (Å²) in [5.74, 6) is -2.43. The van der Waals surface area contributed by atoms with Crippen LogP contribution in [0.15, 0.2) is 29.2 Å². The molecule has 2 aliphatic heterocycles. The number of pyridine rings is 1. The Morgan fingerprint density at radius 2 is 2.03 bits per heavy atom. The van der Waals surface area contributed by atoms with Gasteiger partial charge in [-0.15, -0.1) is 0 Å². The summed E-state index contributed by atoms with van der Waals surface area (Å²) in [7, 11) is 0. The molecule has 2 aliphatic carbocycles. The Hall–Kier alpha value is -3.27. The maximum Gasteiger partial charge on any atom is 0.276 e. The second-order valence-electron chi connectivity index (χ2n) is 9.74. The SMILES string of the molecule is CC(NC(=O)c1cn2c(c(O)c1=O)C(=O)N1C(C2)OC2CC1C1C(C)C21)c1ccc(F)cc1F. The van der Waals surface area contributed by atoms with E-state index in [1.54, 1.807) is 4.90 Å². The highest BCUT2D eigenvalue weighted by atomic mass is 19.1. The Morgan fingerprint density at radius 1 is 1.26 bits per heavy atom. The number of aromatic hydroxyl groups is 1. The second kappa shape index (κ2) is 7.11. The van der Waals surface area contributed by atoms with E-state index in [0.29, 0.717) is 23.8 Å². The highest BCUT2D eigenvalue weighted by Crippen LogP contribution is 2.62. The number of nitrogens with zero attached hydrogens (tertiary/aromatic N) is 2. The molecular weight excluding hydrogens is 448 g/mol. The van der Waals surface area contributed by atoms with Crippen molar-refractivity contribution in [2.45, 2.75) is 51.2 Å². The first-order chi connectivity index (χ1) is 16.2. The number of rotatable bonds is 3. The van der Waals surface area contributed by atoms with Crippen molar-refractivity contribution in [3.05, 3.63) is 63.1 Å². The molecule has 6 rings (SSSR count). The van der Waals surface area contributed by atoms with E-state index >= 15 is 0 Å². The zero-order chi connectivity index (χ0) is 24.0. The molecule has 3 heterocycles. The molecule has 0 radical (unpaired) electrons. The van der Waals surface area contributed by atoms with E-state index in [1.165, 1.54) is 23.8 Å². The van der Waals surface area contributed by atoms with Gasteiger partial charge in [-0.25, -0.2) is 8.78 Å². The lowest BCUT2D eigenvalue weighted by atomic mass is 10.00. The molecule has 7 atom stereocenters. The molecule has 1 aromatic carbocycles. The van der Waals surface area contributed by atoms with E-state index in [9.17, 15) is 28.3 Å². The van der Waals surface area contributed by atoms with Gasteiger partial charge in [0.05, 0.1) is 18.7 Å². The van der Waals surface area contributed by atoms with Crippen LogP contribution in [0.3, 0.4) is 0 Å². The van der Waals surface area contributed by atoms with Crippen molar-refractivity contribution in [1.82, 2.24) is 14.8 Å². The van der Waals surface area contributed by atoms with E-state index in [0.717, 1.165) is 12.5 Å². The predicted molar refractivity (Wildman–Crippen MR) is 114 cm³/mol. The van der Waals surface area contributed by atoms with Gasteiger partial charge in [0.1, 0.15) is 17.2 Å². The molecule has 2 aromatic rings. The average Bonchev–Trinajstić information content (AvgIpc) is 3.35. The molecule has 7 unspecified atom stereocenters. The molecule has 1 saturated heterocycles. The Kier molecular flexibility index (Phi) is 4.45. The van der Waals surface area contributed by atoms with Crippen LogP contribution in [-0.4, -0.2) is 44.8 Å². The highest BCUT2D eigenvalue weighted by Gasteiger charge is 2.67. The van der Waals surface area contributed by atoms with Gasteiger partial charge in [-0.3, -0.25) is 14.4 Å². The molecule has 4 aliphatic rings. The van der Waals surface area contributed by atoms with Gasteiger partial charge in [-0.05, 0) is 37.2 Å². The molecule has 2 N–H and O–H groups in total. The standard InChI is InChI=1S/C24H23F2N3O5/c1-9-18-15-6-16(19(9)18)34-17-8-28-7-13(21(30)22(31)20(28)24(33)29(15)17)23(32)27-10(2)12-4-3-11(25)5-14(12)26/h3-5,7,9-10,15-19,31H,6,8H2,1-2H3,(H,27,32). The number of nitrogens with one attached hydrogen (secondary N) is 1. The normalized spacial score (nSPS) is 31.4. The Labute approximate surface area is 193 Å². The zero-order valence-corrected chi connectivity index (χ0v) is 18.5. The number of amides is 2. The molecule has 3 fully saturated rings. The van der Waals surface area contributed by atoms with Gasteiger partial charge in [-0.2, -0.15) is 0 Å². The van der Waals surface area contributed by atoms with Crippen LogP contribution in [0.1, 0.15) is 52.7 Å². The summed E-state index contributed by atoms with van der Waals surface area (Å²) < 4.78 is 34.9. The van der Waals surface area contributed by atoms with E-state index < -0.39 is 46.9 Å². The molecule has 178 valence electrons. The van der Waals surface area contributed by atoms with Crippen LogP contribution < -0.4 is 10.7 Å². The number of ether oxygens (including phenoxy) is 1. The minimum Gasteiger partial charge on any atom is -0.503 e. The molecule has 8 nitrogen and oxygen atoms in total. The third-order valence-corrected chi connectivity index (χ3v) is 7.93. The molecule has 34 heavy (non-hydrogen) atoms. The summed E-state index contributed by atoms with van der Waals surface area (Å²) in [6.07, 6.45) is 1.54. The lowest BCUT2D eigenvalue weighted by Gasteiger charge is -2.46. The van der Waals surface area contributed by atoms with Gasteiger partial charge in [0.25, 0.3) is 11.8 Å². The molecule has 2 bridgehead atoms. The summed E-state index contributed by atoms with van der Waals surface area (Å²) in [4.78, 5) is 40.7. The van der Waals surface area contributed by atoms with Crippen LogP contribution in [0.5, 0.6) is 5.75 Å². The van der Waals surface area contributed by atoms with Crippen molar-refractivity contribution in [3.63, 3.8) is 0 Å². The van der Waals surface area contributed by atoms with Gasteiger partial charge in [0.2, 0.25) is 5.43 Å². The van der Waals surface area contributed by atoms with Crippen LogP contribution in [0, 0.1) is 29.4 Å². The lowest BCUT2D eigenvalue weighted by molar-refractivity contribution is -0.147. The van der Waals surface area contributed by atoms with Crippen molar-refractivity contribution < 1.29 is 28.2 Å². The number of aromatic nitrogens is 1. The number of halogens is 2. The number of carbonyl (C=O) groups excluding carboxylic acids is 2. The number of hydrogen-bond acceptors (Lipinski definition) is 5. The van der Waals surface area contributed by atoms with E-state index in [4.69, 9.17) is 4.74 Å². The molecule has 1 aromatic heterocycles. The van der Waals surface area contributed by atoms with Crippen molar-refractivity contribution in [1.29, 1.82) is 0 Å². The van der Waals surface area contributed by atoms with Crippen molar-refractivity contribution in [3.8, 4) is 5.75 Å². The largest absolute Gasteiger partial charge is 0.503 e. The summed E-state index contributed by atoms with van der Waals surface area (Å²) >= 11 is 0. The summed E-state index contributed by atoms with van der Waals surface area (Å²) in [6.45, 7) is 3.81. The minimum atomic E-state index is -0.984. The first-order valence-electron chi connectivity index (χ1n) is 11.4. The molecule has 10 heteroatoms. The molecule has 2 saturated carbocycles. The average molecular weight is 471 g/mol. The number of hydrogen-bond donors (Lipinski definition) is 2. The van der Waals surface area contributed by atoms with E-state index in [2.05, 4.69) is 12.2 Å². The number of fused-ring (bicyclic) bond motifs is 8. The molecular formula is C24H23F2N3O5. The molecule has 0 spiro atoms. The smallest absolute Gasteiger partial charge is 0.276 e. The molecule has 2 amide bonds. The quantitative estimate of drug-likeness (QED) is 0.715. The monoisotopic (exact) mass is 471 g/mol. The number of benzene rings is 1. The van der Waals surface area contributed by atoms with E-state index in [1.807, 2.05) is 0 Å². The highest BCUT2D eigenvalue weighted by molar-refractivity contribution is 5.99. The van der Waals surface area contributed by atoms with Gasteiger partial charge < -0.3 is 24.6 Å². The van der Waals surface area contributed by atoms with Crippen LogP contribution in [0.4, 0.5) is 8.78 Å². The first-order valence-corrected chi connectivity index (χ1v) is 11.4. The van der Waals surface area contributed by atoms with Crippen LogP contribution >= 0.6 is 0 Å². The lowest BCUT2D eigenvalue weighted by Crippen LogP contribution is -2.58. The van der Waals surface area contributed by atoms with Crippen LogP contribution in [-0.2, 0) is 11.3 Å². The Balaban J connectivity index is 1.31. The van der Waals surface area contributed by atoms with Crippen LogP contribution in [0.2, 0.25) is 0 Å². The fourth-order valence-corrected chi connectivity index (χ4v) is 6.29. The second-order valence-corrected chi connectivity index (χ2v) is 9.74. The van der Waals surface area contributed by atoms with Crippen molar-refractivity contribution in [2.75, 3.05) is 0 Å². The Bertz CT molecular complexity index is 1310. The van der Waals surface area contributed by atoms with E-state index in [-0.39, 0.29) is 35.5 Å². The zero-order valence-electron chi connectivity index (χ0n) is 18.5. The minimum absolute atomic E-state index is 0.0222. The van der Waals surface area contributed by atoms with Gasteiger partial charge >= 0.3 is 0 Å². The maximum atomic E-state index is 14.1. The third-order valence-electron chi connectivity index (χ3n) is 7.93.